The number of hydrogen-bond donors (Lipinski definition) is 1. The van der Waals surface area contributed by atoms with Crippen molar-refractivity contribution in [3.63, 3.8) is 0 Å². The summed E-state index contributed by atoms with van der Waals surface area (Å²) >= 11 is 0. The number of likely N-dealkylation sites (N-methyl/N-ethyl adjacent to an activating group) is 1. The standard InChI is InChI=1S/C17H24N4O4/c1-6-14(12(3)19-24-7-2)20-25-15-11-9-8-10-13(15)16(21-23-5)17(22)18-4/h8-11H,6-7H2,1-5H3,(H,18,22)/b19-12+,20-14+,21-16-. The first-order valence-corrected chi connectivity index (χ1v) is 7.92. The van der Waals surface area contributed by atoms with Gasteiger partial charge in [0.15, 0.2) is 11.5 Å². The zero-order valence-corrected chi connectivity index (χ0v) is 15.2. The maximum atomic E-state index is 12.0. The number of benzene rings is 1. The van der Waals surface area contributed by atoms with Gasteiger partial charge < -0.3 is 19.8 Å². The van der Waals surface area contributed by atoms with Crippen molar-refractivity contribution in [2.75, 3.05) is 20.8 Å². The molecule has 0 aliphatic rings. The summed E-state index contributed by atoms with van der Waals surface area (Å²) in [5.41, 5.74) is 1.81. The highest BCUT2D eigenvalue weighted by Crippen LogP contribution is 2.20. The number of hydrogen-bond acceptors (Lipinski definition) is 7. The van der Waals surface area contributed by atoms with Crippen LogP contribution in [0.3, 0.4) is 0 Å². The van der Waals surface area contributed by atoms with Gasteiger partial charge in [0.05, 0.1) is 5.56 Å². The topological polar surface area (TPSA) is 93.9 Å². The summed E-state index contributed by atoms with van der Waals surface area (Å²) in [7, 11) is 2.88. The van der Waals surface area contributed by atoms with E-state index in [4.69, 9.17) is 14.5 Å². The van der Waals surface area contributed by atoms with Gasteiger partial charge in [0, 0.05) is 7.05 Å². The molecule has 1 aromatic carbocycles. The molecule has 1 aromatic rings. The van der Waals surface area contributed by atoms with Gasteiger partial charge >= 0.3 is 0 Å². The Kier molecular flexibility index (Phi) is 8.70. The smallest absolute Gasteiger partial charge is 0.273 e. The summed E-state index contributed by atoms with van der Waals surface area (Å²) in [6.07, 6.45) is 0.610. The van der Waals surface area contributed by atoms with E-state index < -0.39 is 5.91 Å². The van der Waals surface area contributed by atoms with Gasteiger partial charge in [0.2, 0.25) is 0 Å². The number of para-hydroxylation sites is 1. The first kappa shape index (κ1) is 20.1. The maximum absolute atomic E-state index is 12.0. The molecule has 0 saturated heterocycles. The van der Waals surface area contributed by atoms with Crippen molar-refractivity contribution in [1.29, 1.82) is 0 Å². The van der Waals surface area contributed by atoms with Crippen molar-refractivity contribution in [2.24, 2.45) is 15.5 Å². The molecule has 8 nitrogen and oxygen atoms in total. The van der Waals surface area contributed by atoms with E-state index in [0.29, 0.717) is 35.8 Å². The number of amides is 1. The van der Waals surface area contributed by atoms with E-state index in [1.165, 1.54) is 14.2 Å². The van der Waals surface area contributed by atoms with Crippen LogP contribution in [0.1, 0.15) is 32.8 Å². The Balaban J connectivity index is 3.17. The molecule has 0 heterocycles. The van der Waals surface area contributed by atoms with Crippen LogP contribution in [-0.2, 0) is 14.5 Å². The Morgan fingerprint density at radius 3 is 2.48 bits per heavy atom. The summed E-state index contributed by atoms with van der Waals surface area (Å²) in [5.74, 6) is -0.0243. The third-order valence-corrected chi connectivity index (χ3v) is 3.10. The predicted molar refractivity (Wildman–Crippen MR) is 97.1 cm³/mol. The molecule has 25 heavy (non-hydrogen) atoms. The van der Waals surface area contributed by atoms with Crippen LogP contribution >= 0.6 is 0 Å². The number of carbonyl (C=O) groups excluding carboxylic acids is 1. The van der Waals surface area contributed by atoms with Crippen molar-refractivity contribution in [3.05, 3.63) is 29.8 Å². The average molecular weight is 348 g/mol. The maximum Gasteiger partial charge on any atom is 0.273 e. The minimum absolute atomic E-state index is 0.0913. The van der Waals surface area contributed by atoms with Crippen LogP contribution < -0.4 is 10.2 Å². The number of nitrogens with one attached hydrogen (secondary N) is 1. The Bertz CT molecular complexity index is 668. The Morgan fingerprint density at radius 1 is 1.16 bits per heavy atom. The van der Waals surface area contributed by atoms with E-state index in [1.54, 1.807) is 31.2 Å². The predicted octanol–water partition coefficient (Wildman–Crippen LogP) is 2.34. The monoisotopic (exact) mass is 348 g/mol. The van der Waals surface area contributed by atoms with Gasteiger partial charge in [-0.1, -0.05) is 34.5 Å². The Labute approximate surface area is 147 Å². The molecular formula is C17H24N4O4. The highest BCUT2D eigenvalue weighted by molar-refractivity contribution is 6.45. The molecule has 8 heteroatoms. The lowest BCUT2D eigenvalue weighted by Gasteiger charge is -2.09. The third kappa shape index (κ3) is 5.91. The average Bonchev–Trinajstić information content (AvgIpc) is 2.64. The molecule has 1 rings (SSSR count). The summed E-state index contributed by atoms with van der Waals surface area (Å²) in [4.78, 5) is 27.4. The second-order valence-electron chi connectivity index (χ2n) is 4.78. The third-order valence-electron chi connectivity index (χ3n) is 3.10. The van der Waals surface area contributed by atoms with Crippen LogP contribution in [0.25, 0.3) is 0 Å². The van der Waals surface area contributed by atoms with E-state index in [-0.39, 0.29) is 5.71 Å². The first-order valence-electron chi connectivity index (χ1n) is 7.92. The minimum atomic E-state index is -0.397. The van der Waals surface area contributed by atoms with E-state index in [9.17, 15) is 4.79 Å². The summed E-state index contributed by atoms with van der Waals surface area (Å²) < 4.78 is 0. The van der Waals surface area contributed by atoms with Gasteiger partial charge in [0.1, 0.15) is 25.1 Å². The molecule has 0 unspecified atom stereocenters. The zero-order chi connectivity index (χ0) is 18.7. The molecule has 0 atom stereocenters. The molecule has 0 spiro atoms. The van der Waals surface area contributed by atoms with Crippen molar-refractivity contribution < 1.29 is 19.3 Å². The van der Waals surface area contributed by atoms with Crippen molar-refractivity contribution in [1.82, 2.24) is 5.32 Å². The molecule has 1 N–H and O–H groups in total. The van der Waals surface area contributed by atoms with Gasteiger partial charge in [-0.2, -0.15) is 0 Å². The summed E-state index contributed by atoms with van der Waals surface area (Å²) in [5, 5.41) is 14.4. The molecule has 1 amide bonds. The van der Waals surface area contributed by atoms with Crippen molar-refractivity contribution in [2.45, 2.75) is 27.2 Å². The van der Waals surface area contributed by atoms with E-state index >= 15 is 0 Å². The molecule has 0 aliphatic heterocycles. The van der Waals surface area contributed by atoms with Crippen LogP contribution in [0.5, 0.6) is 5.75 Å². The van der Waals surface area contributed by atoms with E-state index in [0.717, 1.165) is 0 Å². The molecular weight excluding hydrogens is 324 g/mol. The lowest BCUT2D eigenvalue weighted by Crippen LogP contribution is -2.28. The van der Waals surface area contributed by atoms with Gasteiger partial charge in [-0.3, -0.25) is 4.79 Å². The Morgan fingerprint density at radius 2 is 1.88 bits per heavy atom. The number of rotatable bonds is 9. The van der Waals surface area contributed by atoms with Crippen molar-refractivity contribution >= 4 is 23.0 Å². The van der Waals surface area contributed by atoms with Crippen LogP contribution in [0, 0.1) is 0 Å². The van der Waals surface area contributed by atoms with E-state index in [2.05, 4.69) is 20.8 Å². The van der Waals surface area contributed by atoms with Gasteiger partial charge in [0.25, 0.3) is 5.91 Å². The van der Waals surface area contributed by atoms with Crippen molar-refractivity contribution in [3.8, 4) is 5.75 Å². The van der Waals surface area contributed by atoms with Crippen LogP contribution in [0.2, 0.25) is 0 Å². The highest BCUT2D eigenvalue weighted by Gasteiger charge is 2.18. The van der Waals surface area contributed by atoms with Crippen LogP contribution in [0.4, 0.5) is 0 Å². The molecule has 0 saturated carbocycles. The number of nitrogens with zero attached hydrogens (tertiary/aromatic N) is 3. The normalized spacial score (nSPS) is 12.6. The second-order valence-corrected chi connectivity index (χ2v) is 4.78. The van der Waals surface area contributed by atoms with Gasteiger partial charge in [-0.05, 0) is 32.4 Å². The fourth-order valence-corrected chi connectivity index (χ4v) is 1.87. The van der Waals surface area contributed by atoms with Gasteiger partial charge in [-0.25, -0.2) is 0 Å². The molecule has 0 radical (unpaired) electrons. The molecule has 0 fully saturated rings. The number of carbonyl (C=O) groups is 1. The highest BCUT2D eigenvalue weighted by atomic mass is 16.6. The fourth-order valence-electron chi connectivity index (χ4n) is 1.87. The van der Waals surface area contributed by atoms with E-state index in [1.807, 2.05) is 13.8 Å². The molecule has 0 bridgehead atoms. The Hall–Kier alpha value is -2.90. The second kappa shape index (κ2) is 10.8. The quantitative estimate of drug-likeness (QED) is 0.547. The SMILES string of the molecule is CCO/N=C(C)/C(CC)=N/Oc1ccccc1/C(=N/OC)C(=O)NC. The largest absolute Gasteiger partial charge is 0.398 e. The zero-order valence-electron chi connectivity index (χ0n) is 15.2. The molecule has 0 aliphatic carbocycles. The fraction of sp³-hybridized carbons (Fsp3) is 0.412. The summed E-state index contributed by atoms with van der Waals surface area (Å²) in [6.45, 7) is 6.04. The van der Waals surface area contributed by atoms with Crippen LogP contribution in [-0.4, -0.2) is 43.8 Å². The molecule has 136 valence electrons. The summed E-state index contributed by atoms with van der Waals surface area (Å²) in [6, 6.07) is 6.93. The molecule has 0 aromatic heterocycles. The lowest BCUT2D eigenvalue weighted by molar-refractivity contribution is -0.114. The minimum Gasteiger partial charge on any atom is -0.398 e. The van der Waals surface area contributed by atoms with Gasteiger partial charge in [-0.15, -0.1) is 0 Å². The first-order chi connectivity index (χ1) is 12.1. The number of oxime groups is 3. The lowest BCUT2D eigenvalue weighted by atomic mass is 10.1. The van der Waals surface area contributed by atoms with Crippen LogP contribution in [0.15, 0.2) is 39.7 Å².